The maximum absolute atomic E-state index is 12.3. The molecule has 176 valence electrons. The molecule has 0 aliphatic carbocycles. The summed E-state index contributed by atoms with van der Waals surface area (Å²) in [6.45, 7) is 8.62. The highest BCUT2D eigenvalue weighted by Gasteiger charge is 2.16. The Morgan fingerprint density at radius 3 is 2.52 bits per heavy atom. The number of anilines is 1. The lowest BCUT2D eigenvalue weighted by Gasteiger charge is -2.21. The van der Waals surface area contributed by atoms with Crippen LogP contribution >= 0.6 is 11.3 Å². The third-order valence-corrected chi connectivity index (χ3v) is 6.10. The van der Waals surface area contributed by atoms with Crippen LogP contribution in [0.2, 0.25) is 0 Å². The SMILES string of the molecule is CCCN(Cc1ccc(C(=O)NCC(C)C)cc1)c1nc(-c2cc(OC)ccc2OC)cs1. The molecule has 0 aliphatic rings. The zero-order valence-electron chi connectivity index (χ0n) is 20.1. The van der Waals surface area contributed by atoms with Gasteiger partial charge in [0.2, 0.25) is 0 Å². The zero-order valence-corrected chi connectivity index (χ0v) is 20.9. The number of carbonyl (C=O) groups excluding carboxylic acids is 1. The van der Waals surface area contributed by atoms with Gasteiger partial charge in [0.05, 0.1) is 19.9 Å². The first-order valence-electron chi connectivity index (χ1n) is 11.2. The number of carbonyl (C=O) groups is 1. The first-order valence-corrected chi connectivity index (χ1v) is 12.1. The van der Waals surface area contributed by atoms with E-state index in [1.165, 1.54) is 0 Å². The molecule has 0 bridgehead atoms. The van der Waals surface area contributed by atoms with Crippen LogP contribution in [-0.2, 0) is 6.54 Å². The van der Waals surface area contributed by atoms with E-state index in [0.717, 1.165) is 53.0 Å². The van der Waals surface area contributed by atoms with Gasteiger partial charge in [0.25, 0.3) is 5.91 Å². The Labute approximate surface area is 200 Å². The molecule has 0 saturated carbocycles. The molecule has 1 N–H and O–H groups in total. The molecule has 6 nitrogen and oxygen atoms in total. The number of amides is 1. The molecule has 0 fully saturated rings. The molecule has 7 heteroatoms. The number of methoxy groups -OCH3 is 2. The van der Waals surface area contributed by atoms with Gasteiger partial charge in [-0.1, -0.05) is 32.9 Å². The molecule has 0 atom stereocenters. The fraction of sp³-hybridized carbons (Fsp3) is 0.385. The van der Waals surface area contributed by atoms with Crippen LogP contribution in [0, 0.1) is 5.92 Å². The van der Waals surface area contributed by atoms with E-state index < -0.39 is 0 Å². The van der Waals surface area contributed by atoms with Crippen LogP contribution in [0.1, 0.15) is 43.1 Å². The van der Waals surface area contributed by atoms with E-state index in [0.29, 0.717) is 18.0 Å². The van der Waals surface area contributed by atoms with Crippen molar-refractivity contribution in [3.05, 3.63) is 59.0 Å². The number of ether oxygens (including phenoxy) is 2. The molecule has 2 aromatic carbocycles. The van der Waals surface area contributed by atoms with Crippen molar-refractivity contribution in [2.75, 3.05) is 32.2 Å². The Kier molecular flexibility index (Phi) is 8.72. The van der Waals surface area contributed by atoms with E-state index >= 15 is 0 Å². The van der Waals surface area contributed by atoms with Gasteiger partial charge in [-0.05, 0) is 48.2 Å². The summed E-state index contributed by atoms with van der Waals surface area (Å²) < 4.78 is 10.9. The molecule has 0 unspecified atom stereocenters. The molecular weight excluding hydrogens is 434 g/mol. The second-order valence-corrected chi connectivity index (χ2v) is 9.14. The lowest BCUT2D eigenvalue weighted by atomic mass is 10.1. The van der Waals surface area contributed by atoms with Gasteiger partial charge in [0.1, 0.15) is 11.5 Å². The van der Waals surface area contributed by atoms with Crippen molar-refractivity contribution >= 4 is 22.4 Å². The maximum atomic E-state index is 12.3. The normalized spacial score (nSPS) is 10.8. The number of nitrogens with one attached hydrogen (secondary N) is 1. The monoisotopic (exact) mass is 467 g/mol. The molecule has 3 aromatic rings. The summed E-state index contributed by atoms with van der Waals surface area (Å²) in [5.74, 6) is 1.93. The van der Waals surface area contributed by atoms with Crippen molar-refractivity contribution in [2.24, 2.45) is 5.92 Å². The minimum atomic E-state index is -0.0301. The lowest BCUT2D eigenvalue weighted by molar-refractivity contribution is 0.0949. The number of hydrogen-bond donors (Lipinski definition) is 1. The summed E-state index contributed by atoms with van der Waals surface area (Å²) in [5.41, 5.74) is 3.60. The Hall–Kier alpha value is -3.06. The van der Waals surface area contributed by atoms with Crippen LogP contribution in [0.15, 0.2) is 47.8 Å². The third kappa shape index (κ3) is 6.48. The highest BCUT2D eigenvalue weighted by Crippen LogP contribution is 2.36. The van der Waals surface area contributed by atoms with Gasteiger partial charge in [0.15, 0.2) is 5.13 Å². The second kappa shape index (κ2) is 11.7. The number of nitrogens with zero attached hydrogens (tertiary/aromatic N) is 2. The van der Waals surface area contributed by atoms with Crippen LogP contribution in [0.4, 0.5) is 5.13 Å². The maximum Gasteiger partial charge on any atom is 0.251 e. The Balaban J connectivity index is 1.77. The number of hydrogen-bond acceptors (Lipinski definition) is 6. The predicted octanol–water partition coefficient (Wildman–Crippen LogP) is 5.63. The van der Waals surface area contributed by atoms with Crippen LogP contribution in [0.25, 0.3) is 11.3 Å². The van der Waals surface area contributed by atoms with Gasteiger partial charge in [-0.25, -0.2) is 4.98 Å². The van der Waals surface area contributed by atoms with Crippen LogP contribution in [0.3, 0.4) is 0 Å². The Morgan fingerprint density at radius 1 is 1.12 bits per heavy atom. The van der Waals surface area contributed by atoms with Crippen LogP contribution in [-0.4, -0.2) is 38.2 Å². The molecule has 0 aliphatic heterocycles. The molecule has 0 radical (unpaired) electrons. The summed E-state index contributed by atoms with van der Waals surface area (Å²) in [7, 11) is 3.31. The standard InChI is InChI=1S/C26H33N3O3S/c1-6-13-29(16-19-7-9-20(10-8-19)25(30)27-15-18(2)3)26-28-23(17-33-26)22-14-21(31-4)11-12-24(22)32-5/h7-12,14,17-18H,6,13,15-16H2,1-5H3,(H,27,30). The largest absolute Gasteiger partial charge is 0.497 e. The summed E-state index contributed by atoms with van der Waals surface area (Å²) in [5, 5.41) is 5.97. The molecule has 1 aromatic heterocycles. The van der Waals surface area contributed by atoms with Gasteiger partial charge < -0.3 is 19.7 Å². The minimum Gasteiger partial charge on any atom is -0.497 e. The van der Waals surface area contributed by atoms with Gasteiger partial charge in [0, 0.05) is 36.1 Å². The molecular formula is C26H33N3O3S. The predicted molar refractivity (Wildman–Crippen MR) is 136 cm³/mol. The second-order valence-electron chi connectivity index (χ2n) is 8.30. The van der Waals surface area contributed by atoms with Crippen molar-refractivity contribution in [2.45, 2.75) is 33.7 Å². The summed E-state index contributed by atoms with van der Waals surface area (Å²) in [4.78, 5) is 19.5. The van der Waals surface area contributed by atoms with E-state index in [2.05, 4.69) is 36.4 Å². The Morgan fingerprint density at radius 2 is 1.88 bits per heavy atom. The van der Waals surface area contributed by atoms with Gasteiger partial charge in [-0.15, -0.1) is 11.3 Å². The highest BCUT2D eigenvalue weighted by atomic mass is 32.1. The molecule has 33 heavy (non-hydrogen) atoms. The quantitative estimate of drug-likeness (QED) is 0.396. The first kappa shape index (κ1) is 24.6. The Bertz CT molecular complexity index is 1050. The number of thiazole rings is 1. The fourth-order valence-corrected chi connectivity index (χ4v) is 4.29. The smallest absolute Gasteiger partial charge is 0.251 e. The lowest BCUT2D eigenvalue weighted by Crippen LogP contribution is -2.27. The van der Waals surface area contributed by atoms with Crippen LogP contribution < -0.4 is 19.7 Å². The van der Waals surface area contributed by atoms with Gasteiger partial charge in [-0.3, -0.25) is 4.79 Å². The molecule has 3 rings (SSSR count). The number of aromatic nitrogens is 1. The molecule has 1 amide bonds. The van der Waals surface area contributed by atoms with E-state index in [1.807, 2.05) is 42.5 Å². The van der Waals surface area contributed by atoms with Crippen molar-refractivity contribution < 1.29 is 14.3 Å². The summed E-state index contributed by atoms with van der Waals surface area (Å²) in [6, 6.07) is 13.6. The molecule has 1 heterocycles. The summed E-state index contributed by atoms with van der Waals surface area (Å²) in [6.07, 6.45) is 1.01. The van der Waals surface area contributed by atoms with Crippen molar-refractivity contribution in [3.63, 3.8) is 0 Å². The third-order valence-electron chi connectivity index (χ3n) is 5.20. The van der Waals surface area contributed by atoms with Gasteiger partial charge >= 0.3 is 0 Å². The molecule has 0 spiro atoms. The number of benzene rings is 2. The molecule has 0 saturated heterocycles. The number of rotatable bonds is 11. The zero-order chi connectivity index (χ0) is 23.8. The van der Waals surface area contributed by atoms with E-state index in [4.69, 9.17) is 14.5 Å². The van der Waals surface area contributed by atoms with Crippen molar-refractivity contribution in [1.29, 1.82) is 0 Å². The summed E-state index contributed by atoms with van der Waals surface area (Å²) >= 11 is 1.62. The minimum absolute atomic E-state index is 0.0301. The average Bonchev–Trinajstić information content (AvgIpc) is 3.32. The first-order chi connectivity index (χ1) is 15.9. The topological polar surface area (TPSA) is 63.7 Å². The van der Waals surface area contributed by atoms with E-state index in [1.54, 1.807) is 25.6 Å². The average molecular weight is 468 g/mol. The van der Waals surface area contributed by atoms with E-state index in [9.17, 15) is 4.79 Å². The van der Waals surface area contributed by atoms with Crippen molar-refractivity contribution in [1.82, 2.24) is 10.3 Å². The van der Waals surface area contributed by atoms with Crippen LogP contribution in [0.5, 0.6) is 11.5 Å². The highest BCUT2D eigenvalue weighted by molar-refractivity contribution is 7.14. The van der Waals surface area contributed by atoms with Gasteiger partial charge in [-0.2, -0.15) is 0 Å². The van der Waals surface area contributed by atoms with E-state index in [-0.39, 0.29) is 5.91 Å². The fourth-order valence-electron chi connectivity index (χ4n) is 3.44. The van der Waals surface area contributed by atoms with Crippen molar-refractivity contribution in [3.8, 4) is 22.8 Å².